The molecule has 1 saturated heterocycles. The van der Waals surface area contributed by atoms with Gasteiger partial charge in [0.25, 0.3) is 0 Å². The maximum Gasteiger partial charge on any atom is 0.0671 e. The molecule has 3 unspecified atom stereocenters. The standard InChI is InChI=1S/C13H27NO3/c1-5-14-13(4,8-15)9-16-12-6-10(2)17-11(3)7-12/h10-12,14-15H,5-9H2,1-4H3. The Hall–Kier alpha value is -0.160. The number of aliphatic hydroxyl groups excluding tert-OH is 1. The highest BCUT2D eigenvalue weighted by Gasteiger charge is 2.28. The molecule has 0 aromatic heterocycles. The molecule has 4 heteroatoms. The average molecular weight is 245 g/mol. The first-order chi connectivity index (χ1) is 7.99. The van der Waals surface area contributed by atoms with Gasteiger partial charge in [0.05, 0.1) is 37.1 Å². The van der Waals surface area contributed by atoms with Crippen molar-refractivity contribution in [2.45, 2.75) is 64.4 Å². The molecule has 3 atom stereocenters. The lowest BCUT2D eigenvalue weighted by Crippen LogP contribution is -2.50. The first-order valence-corrected chi connectivity index (χ1v) is 6.62. The Labute approximate surface area is 105 Å². The molecule has 4 nitrogen and oxygen atoms in total. The van der Waals surface area contributed by atoms with Crippen LogP contribution in [0.1, 0.15) is 40.5 Å². The van der Waals surface area contributed by atoms with Gasteiger partial charge < -0.3 is 19.9 Å². The second kappa shape index (κ2) is 6.69. The lowest BCUT2D eigenvalue weighted by molar-refractivity contribution is -0.112. The second-order valence-corrected chi connectivity index (χ2v) is 5.41. The first-order valence-electron chi connectivity index (χ1n) is 6.62. The van der Waals surface area contributed by atoms with E-state index in [2.05, 4.69) is 19.2 Å². The zero-order chi connectivity index (χ0) is 12.9. The van der Waals surface area contributed by atoms with Gasteiger partial charge in [0.1, 0.15) is 0 Å². The van der Waals surface area contributed by atoms with E-state index in [4.69, 9.17) is 9.47 Å². The zero-order valence-corrected chi connectivity index (χ0v) is 11.5. The molecule has 0 amide bonds. The van der Waals surface area contributed by atoms with Crippen molar-refractivity contribution >= 4 is 0 Å². The van der Waals surface area contributed by atoms with Gasteiger partial charge in [-0.3, -0.25) is 0 Å². The van der Waals surface area contributed by atoms with Crippen LogP contribution in [0.3, 0.4) is 0 Å². The molecule has 1 rings (SSSR count). The first kappa shape index (κ1) is 14.9. The van der Waals surface area contributed by atoms with Crippen molar-refractivity contribution in [3.63, 3.8) is 0 Å². The van der Waals surface area contributed by atoms with E-state index in [0.29, 0.717) is 6.61 Å². The van der Waals surface area contributed by atoms with Gasteiger partial charge in [0.15, 0.2) is 0 Å². The Bertz CT molecular complexity index is 215. The van der Waals surface area contributed by atoms with Crippen molar-refractivity contribution in [2.75, 3.05) is 19.8 Å². The highest BCUT2D eigenvalue weighted by molar-refractivity contribution is 4.83. The average Bonchev–Trinajstić information content (AvgIpc) is 2.26. The summed E-state index contributed by atoms with van der Waals surface area (Å²) in [7, 11) is 0. The summed E-state index contributed by atoms with van der Waals surface area (Å²) in [4.78, 5) is 0. The Kier molecular flexibility index (Phi) is 5.86. The van der Waals surface area contributed by atoms with E-state index in [-0.39, 0.29) is 30.5 Å². The van der Waals surface area contributed by atoms with E-state index >= 15 is 0 Å². The molecule has 102 valence electrons. The van der Waals surface area contributed by atoms with Crippen LogP contribution in [0.4, 0.5) is 0 Å². The molecule has 1 aliphatic heterocycles. The molecular weight excluding hydrogens is 218 g/mol. The predicted octanol–water partition coefficient (Wildman–Crippen LogP) is 1.32. The van der Waals surface area contributed by atoms with Gasteiger partial charge in [0.2, 0.25) is 0 Å². The molecule has 17 heavy (non-hydrogen) atoms. The van der Waals surface area contributed by atoms with Gasteiger partial charge in [0, 0.05) is 0 Å². The summed E-state index contributed by atoms with van der Waals surface area (Å²) < 4.78 is 11.6. The molecular formula is C13H27NO3. The van der Waals surface area contributed by atoms with Crippen LogP contribution >= 0.6 is 0 Å². The number of rotatable bonds is 6. The molecule has 0 aromatic carbocycles. The molecule has 0 radical (unpaired) electrons. The third kappa shape index (κ3) is 4.92. The molecule has 1 heterocycles. The van der Waals surface area contributed by atoms with Crippen LogP contribution < -0.4 is 5.32 Å². The highest BCUT2D eigenvalue weighted by atomic mass is 16.5. The summed E-state index contributed by atoms with van der Waals surface area (Å²) in [6.07, 6.45) is 2.67. The van der Waals surface area contributed by atoms with E-state index in [1.807, 2.05) is 13.8 Å². The van der Waals surface area contributed by atoms with Crippen LogP contribution in [-0.4, -0.2) is 48.7 Å². The lowest BCUT2D eigenvalue weighted by atomic mass is 10.0. The van der Waals surface area contributed by atoms with Crippen LogP contribution in [0.2, 0.25) is 0 Å². The van der Waals surface area contributed by atoms with Gasteiger partial charge >= 0.3 is 0 Å². The Morgan fingerprint density at radius 1 is 1.35 bits per heavy atom. The third-order valence-corrected chi connectivity index (χ3v) is 3.24. The van der Waals surface area contributed by atoms with Gasteiger partial charge in [-0.05, 0) is 40.2 Å². The maximum atomic E-state index is 9.38. The normalized spacial score (nSPS) is 33.4. The summed E-state index contributed by atoms with van der Waals surface area (Å²) in [5, 5.41) is 12.6. The molecule has 0 saturated carbocycles. The largest absolute Gasteiger partial charge is 0.394 e. The van der Waals surface area contributed by atoms with Crippen LogP contribution in [0.15, 0.2) is 0 Å². The summed E-state index contributed by atoms with van der Waals surface area (Å²) in [6, 6.07) is 0. The molecule has 2 N–H and O–H groups in total. The fraction of sp³-hybridized carbons (Fsp3) is 1.00. The number of ether oxygens (including phenoxy) is 2. The van der Waals surface area contributed by atoms with Gasteiger partial charge in [-0.1, -0.05) is 6.92 Å². The Morgan fingerprint density at radius 2 is 1.94 bits per heavy atom. The number of nitrogens with one attached hydrogen (secondary N) is 1. The minimum Gasteiger partial charge on any atom is -0.394 e. The zero-order valence-electron chi connectivity index (χ0n) is 11.5. The van der Waals surface area contributed by atoms with E-state index in [0.717, 1.165) is 19.4 Å². The van der Waals surface area contributed by atoms with Gasteiger partial charge in [-0.15, -0.1) is 0 Å². The van der Waals surface area contributed by atoms with E-state index in [1.165, 1.54) is 0 Å². The van der Waals surface area contributed by atoms with Gasteiger partial charge in [-0.25, -0.2) is 0 Å². The van der Waals surface area contributed by atoms with Crippen LogP contribution in [0.25, 0.3) is 0 Å². The summed E-state index contributed by atoms with van der Waals surface area (Å²) >= 11 is 0. The van der Waals surface area contributed by atoms with Crippen molar-refractivity contribution in [3.05, 3.63) is 0 Å². The van der Waals surface area contributed by atoms with E-state index in [9.17, 15) is 5.11 Å². The van der Waals surface area contributed by atoms with E-state index < -0.39 is 0 Å². The molecule has 0 aliphatic carbocycles. The fourth-order valence-electron chi connectivity index (χ4n) is 2.36. The second-order valence-electron chi connectivity index (χ2n) is 5.41. The third-order valence-electron chi connectivity index (χ3n) is 3.24. The summed E-state index contributed by atoms with van der Waals surface area (Å²) in [6.45, 7) is 9.66. The van der Waals surface area contributed by atoms with Crippen LogP contribution in [0.5, 0.6) is 0 Å². The van der Waals surface area contributed by atoms with Crippen molar-refractivity contribution in [2.24, 2.45) is 0 Å². The number of likely N-dealkylation sites (N-methyl/N-ethyl adjacent to an activating group) is 1. The van der Waals surface area contributed by atoms with Crippen molar-refractivity contribution < 1.29 is 14.6 Å². The lowest BCUT2D eigenvalue weighted by Gasteiger charge is -2.35. The highest BCUT2D eigenvalue weighted by Crippen LogP contribution is 2.22. The predicted molar refractivity (Wildman–Crippen MR) is 68.2 cm³/mol. The van der Waals surface area contributed by atoms with Crippen LogP contribution in [-0.2, 0) is 9.47 Å². The Morgan fingerprint density at radius 3 is 2.41 bits per heavy atom. The van der Waals surface area contributed by atoms with Crippen molar-refractivity contribution in [1.82, 2.24) is 5.32 Å². The number of aliphatic hydroxyl groups is 1. The quantitative estimate of drug-likeness (QED) is 0.741. The summed E-state index contributed by atoms with van der Waals surface area (Å²) in [5.74, 6) is 0. The van der Waals surface area contributed by atoms with Crippen LogP contribution in [0, 0.1) is 0 Å². The SMILES string of the molecule is CCNC(C)(CO)COC1CC(C)OC(C)C1. The molecule has 1 aliphatic rings. The van der Waals surface area contributed by atoms with Gasteiger partial charge in [-0.2, -0.15) is 0 Å². The summed E-state index contributed by atoms with van der Waals surface area (Å²) in [5.41, 5.74) is -0.334. The molecule has 1 fully saturated rings. The van der Waals surface area contributed by atoms with Crippen molar-refractivity contribution in [3.8, 4) is 0 Å². The minimum absolute atomic E-state index is 0.0924. The minimum atomic E-state index is -0.334. The maximum absolute atomic E-state index is 9.38. The molecule has 0 spiro atoms. The Balaban J connectivity index is 2.38. The fourth-order valence-corrected chi connectivity index (χ4v) is 2.36. The van der Waals surface area contributed by atoms with Crippen molar-refractivity contribution in [1.29, 1.82) is 0 Å². The monoisotopic (exact) mass is 245 g/mol. The molecule has 0 bridgehead atoms. The molecule has 0 aromatic rings. The smallest absolute Gasteiger partial charge is 0.0671 e. The van der Waals surface area contributed by atoms with E-state index in [1.54, 1.807) is 0 Å². The number of hydrogen-bond donors (Lipinski definition) is 2. The topological polar surface area (TPSA) is 50.7 Å². The number of hydrogen-bond acceptors (Lipinski definition) is 4.